The second-order valence-electron chi connectivity index (χ2n) is 4.97. The number of benzene rings is 1. The molecule has 0 aliphatic carbocycles. The summed E-state index contributed by atoms with van der Waals surface area (Å²) in [5.41, 5.74) is 7.39. The highest BCUT2D eigenvalue weighted by Gasteiger charge is 2.09. The average molecular weight is 378 g/mol. The molecule has 0 radical (unpaired) electrons. The molecule has 23 heavy (non-hydrogen) atoms. The summed E-state index contributed by atoms with van der Waals surface area (Å²) in [4.78, 5) is -0.0851. The van der Waals surface area contributed by atoms with Gasteiger partial charge in [-0.05, 0) is 43.5 Å². The van der Waals surface area contributed by atoms with E-state index in [2.05, 4.69) is 0 Å². The van der Waals surface area contributed by atoms with Gasteiger partial charge in [0.1, 0.15) is 10.1 Å². The van der Waals surface area contributed by atoms with Crippen LogP contribution in [-0.4, -0.2) is 13.0 Å². The zero-order valence-electron chi connectivity index (χ0n) is 12.8. The topological polar surface area (TPSA) is 113 Å². The molecule has 0 aliphatic rings. The summed E-state index contributed by atoms with van der Waals surface area (Å²) >= 11 is 11.2. The number of anilines is 1. The lowest BCUT2D eigenvalue weighted by atomic mass is 10.1. The number of aromatic nitrogens is 1. The third kappa shape index (κ3) is 5.24. The van der Waals surface area contributed by atoms with Crippen LogP contribution in [0.15, 0.2) is 29.2 Å². The van der Waals surface area contributed by atoms with Gasteiger partial charge in [-0.15, -0.1) is 4.68 Å². The minimum atomic E-state index is -4.33. The van der Waals surface area contributed by atoms with Gasteiger partial charge < -0.3 is 4.55 Å². The SMILES string of the molecule is Cc1cc(C)c(S(=O)(=O)[O-])c(C)c1.Nc1cc(Cl)cc(Cl)[n+]1N. The Morgan fingerprint density at radius 2 is 1.52 bits per heavy atom. The van der Waals surface area contributed by atoms with E-state index >= 15 is 0 Å². The summed E-state index contributed by atoms with van der Waals surface area (Å²) in [6, 6.07) is 6.42. The third-order valence-corrected chi connectivity index (χ3v) is 4.56. The first-order chi connectivity index (χ1) is 10.4. The van der Waals surface area contributed by atoms with E-state index in [0.29, 0.717) is 27.1 Å². The fourth-order valence-electron chi connectivity index (χ4n) is 2.12. The van der Waals surface area contributed by atoms with Gasteiger partial charge in [0, 0.05) is 12.1 Å². The zero-order chi connectivity index (χ0) is 17.9. The number of hydrogen-bond donors (Lipinski definition) is 2. The largest absolute Gasteiger partial charge is 0.744 e. The molecule has 0 fully saturated rings. The smallest absolute Gasteiger partial charge is 0.298 e. The van der Waals surface area contributed by atoms with E-state index < -0.39 is 10.1 Å². The van der Waals surface area contributed by atoms with E-state index in [9.17, 15) is 13.0 Å². The van der Waals surface area contributed by atoms with Crippen LogP contribution in [0, 0.1) is 20.8 Å². The van der Waals surface area contributed by atoms with Crippen LogP contribution in [0.25, 0.3) is 0 Å². The van der Waals surface area contributed by atoms with E-state index in [4.69, 9.17) is 34.8 Å². The summed E-state index contributed by atoms with van der Waals surface area (Å²) in [5, 5.41) is 0.786. The Labute approximate surface area is 145 Å². The van der Waals surface area contributed by atoms with Crippen LogP contribution in [0.5, 0.6) is 0 Å². The summed E-state index contributed by atoms with van der Waals surface area (Å²) < 4.78 is 33.6. The van der Waals surface area contributed by atoms with Gasteiger partial charge in [0.25, 0.3) is 5.82 Å². The molecule has 0 unspecified atom stereocenters. The number of hydrogen-bond acceptors (Lipinski definition) is 5. The highest BCUT2D eigenvalue weighted by Crippen LogP contribution is 2.20. The molecule has 1 heterocycles. The zero-order valence-corrected chi connectivity index (χ0v) is 15.1. The minimum absolute atomic E-state index is 0.0851. The molecule has 4 N–H and O–H groups in total. The van der Waals surface area contributed by atoms with Gasteiger partial charge in [0.2, 0.25) is 5.15 Å². The molecule has 0 bridgehead atoms. The number of rotatable bonds is 1. The number of halogens is 2. The van der Waals surface area contributed by atoms with Gasteiger partial charge in [-0.1, -0.05) is 29.3 Å². The average Bonchev–Trinajstić information content (AvgIpc) is 2.33. The predicted molar refractivity (Wildman–Crippen MR) is 89.8 cm³/mol. The molecule has 0 spiro atoms. The van der Waals surface area contributed by atoms with E-state index in [-0.39, 0.29) is 4.90 Å². The molecule has 1 aromatic heterocycles. The summed E-state index contributed by atoms with van der Waals surface area (Å²) in [6.07, 6.45) is 0. The number of pyridine rings is 1. The Morgan fingerprint density at radius 1 is 1.04 bits per heavy atom. The molecule has 9 heteroatoms. The van der Waals surface area contributed by atoms with Gasteiger partial charge in [0.05, 0.1) is 9.92 Å². The van der Waals surface area contributed by atoms with E-state index in [1.165, 1.54) is 12.1 Å². The van der Waals surface area contributed by atoms with E-state index in [1.807, 2.05) is 6.92 Å². The van der Waals surface area contributed by atoms with Crippen LogP contribution < -0.4 is 16.3 Å². The normalized spacial score (nSPS) is 10.9. The first-order valence-corrected chi connectivity index (χ1v) is 8.55. The lowest BCUT2D eigenvalue weighted by Gasteiger charge is -2.14. The van der Waals surface area contributed by atoms with Crippen LogP contribution in [0.1, 0.15) is 16.7 Å². The van der Waals surface area contributed by atoms with Crippen molar-refractivity contribution < 1.29 is 17.6 Å². The molecule has 126 valence electrons. The van der Waals surface area contributed by atoms with Crippen molar-refractivity contribution in [2.75, 3.05) is 11.6 Å². The first kappa shape index (κ1) is 19.5. The van der Waals surface area contributed by atoms with Crippen molar-refractivity contribution in [1.29, 1.82) is 0 Å². The highest BCUT2D eigenvalue weighted by atomic mass is 35.5. The highest BCUT2D eigenvalue weighted by molar-refractivity contribution is 7.85. The maximum absolute atomic E-state index is 10.8. The molecule has 1 aromatic carbocycles. The van der Waals surface area contributed by atoms with Crippen molar-refractivity contribution in [2.24, 2.45) is 0 Å². The van der Waals surface area contributed by atoms with Crippen LogP contribution in [-0.2, 0) is 10.1 Å². The van der Waals surface area contributed by atoms with Crippen molar-refractivity contribution in [3.8, 4) is 0 Å². The first-order valence-electron chi connectivity index (χ1n) is 6.39. The number of nitrogen functional groups attached to an aromatic ring is 2. The Kier molecular flexibility index (Phi) is 6.24. The molecular formula is C14H17Cl2N3O3S. The number of nitrogens with zero attached hydrogens (tertiary/aromatic N) is 1. The van der Waals surface area contributed by atoms with Gasteiger partial charge in [0.15, 0.2) is 0 Å². The van der Waals surface area contributed by atoms with Gasteiger partial charge in [-0.2, -0.15) is 0 Å². The summed E-state index contributed by atoms with van der Waals surface area (Å²) in [7, 11) is -4.33. The molecule has 0 saturated carbocycles. The van der Waals surface area contributed by atoms with Crippen molar-refractivity contribution in [1.82, 2.24) is 0 Å². The predicted octanol–water partition coefficient (Wildman–Crippen LogP) is 2.09. The van der Waals surface area contributed by atoms with Crippen LogP contribution in [0.4, 0.5) is 5.82 Å². The fourth-order valence-corrected chi connectivity index (χ4v) is 3.51. The van der Waals surface area contributed by atoms with E-state index in [0.717, 1.165) is 10.2 Å². The van der Waals surface area contributed by atoms with E-state index in [1.54, 1.807) is 26.0 Å². The molecule has 0 saturated heterocycles. The lowest BCUT2D eigenvalue weighted by molar-refractivity contribution is -0.621. The molecular weight excluding hydrogens is 361 g/mol. The maximum Gasteiger partial charge on any atom is 0.298 e. The van der Waals surface area contributed by atoms with Crippen molar-refractivity contribution in [2.45, 2.75) is 25.7 Å². The van der Waals surface area contributed by atoms with Gasteiger partial charge >= 0.3 is 0 Å². The number of aryl methyl sites for hydroxylation is 3. The van der Waals surface area contributed by atoms with Gasteiger partial charge in [-0.3, -0.25) is 11.6 Å². The Bertz CT molecular complexity index is 793. The molecule has 0 atom stereocenters. The Hall–Kier alpha value is -1.54. The Balaban J connectivity index is 0.000000238. The standard InChI is InChI=1S/C9H12O3S.C5H5Cl2N3/c1-6-4-7(2)9(8(3)5-6)13(10,11)12;6-3-1-4(7)10(9)5(8)2-3/h4-5H,1-3H3,(H,10,11,12);1-2,8H,9H2. The lowest BCUT2D eigenvalue weighted by Crippen LogP contribution is -2.47. The summed E-state index contributed by atoms with van der Waals surface area (Å²) in [5.74, 6) is 5.68. The van der Waals surface area contributed by atoms with Crippen molar-refractivity contribution >= 4 is 39.1 Å². The quantitative estimate of drug-likeness (QED) is 0.341. The third-order valence-electron chi connectivity index (χ3n) is 2.91. The van der Waals surface area contributed by atoms with Crippen molar-refractivity contribution in [3.05, 3.63) is 51.1 Å². The van der Waals surface area contributed by atoms with Crippen LogP contribution in [0.3, 0.4) is 0 Å². The molecule has 6 nitrogen and oxygen atoms in total. The van der Waals surface area contributed by atoms with Crippen LogP contribution >= 0.6 is 23.2 Å². The molecule has 0 amide bonds. The molecule has 2 aromatic rings. The summed E-state index contributed by atoms with van der Waals surface area (Å²) in [6.45, 7) is 5.12. The second kappa shape index (κ2) is 7.35. The Morgan fingerprint density at radius 3 is 1.91 bits per heavy atom. The van der Waals surface area contributed by atoms with Crippen LogP contribution in [0.2, 0.25) is 10.2 Å². The number of nitrogens with two attached hydrogens (primary N) is 2. The fraction of sp³-hybridized carbons (Fsp3) is 0.214. The van der Waals surface area contributed by atoms with Crippen molar-refractivity contribution in [3.63, 3.8) is 0 Å². The molecule has 0 aliphatic heterocycles. The minimum Gasteiger partial charge on any atom is -0.744 e. The maximum atomic E-state index is 10.8. The molecule has 2 rings (SSSR count). The second-order valence-corrected chi connectivity index (χ2v) is 7.11. The van der Waals surface area contributed by atoms with Gasteiger partial charge in [-0.25, -0.2) is 8.42 Å². The monoisotopic (exact) mass is 377 g/mol.